The Bertz CT molecular complexity index is 575. The molecule has 0 radical (unpaired) electrons. The van der Waals surface area contributed by atoms with Crippen LogP contribution in [0.15, 0.2) is 34.9 Å². The predicted octanol–water partition coefficient (Wildman–Crippen LogP) is 3.46. The molecule has 2 aromatic rings. The van der Waals surface area contributed by atoms with Gasteiger partial charge in [-0.2, -0.15) is 5.10 Å². The van der Waals surface area contributed by atoms with E-state index >= 15 is 0 Å². The molecule has 0 spiro atoms. The lowest BCUT2D eigenvalue weighted by Crippen LogP contribution is -2.12. The number of carbonyl (C=O) groups excluding carboxylic acids is 1. The molecule has 1 heterocycles. The van der Waals surface area contributed by atoms with Gasteiger partial charge in [0, 0.05) is 12.1 Å². The summed E-state index contributed by atoms with van der Waals surface area (Å²) < 4.78 is 2.47. The molecule has 4 heteroatoms. The first-order valence-corrected chi connectivity index (χ1v) is 6.82. The summed E-state index contributed by atoms with van der Waals surface area (Å²) in [5.41, 5.74) is 2.45. The number of hydrogen-bond donors (Lipinski definition) is 0. The molecule has 0 atom stereocenters. The van der Waals surface area contributed by atoms with Gasteiger partial charge in [-0.1, -0.05) is 31.2 Å². The molecule has 0 unspecified atom stereocenters. The van der Waals surface area contributed by atoms with Gasteiger partial charge < -0.3 is 0 Å². The number of aromatic nitrogens is 2. The van der Waals surface area contributed by atoms with Crippen LogP contribution in [0.5, 0.6) is 0 Å². The molecule has 0 fully saturated rings. The molecule has 0 bridgehead atoms. The van der Waals surface area contributed by atoms with Crippen molar-refractivity contribution in [3.63, 3.8) is 0 Å². The van der Waals surface area contributed by atoms with Crippen molar-refractivity contribution < 1.29 is 4.79 Å². The van der Waals surface area contributed by atoms with Gasteiger partial charge in [0.25, 0.3) is 0 Å². The molecular weight excluding hydrogens is 292 g/mol. The average Bonchev–Trinajstić information content (AvgIpc) is 2.79. The molecule has 3 nitrogen and oxygen atoms in total. The van der Waals surface area contributed by atoms with E-state index in [9.17, 15) is 4.79 Å². The first-order valence-electron chi connectivity index (χ1n) is 6.02. The van der Waals surface area contributed by atoms with Crippen LogP contribution in [0.3, 0.4) is 0 Å². The lowest BCUT2D eigenvalue weighted by molar-refractivity contribution is 0.102. The fourth-order valence-corrected chi connectivity index (χ4v) is 2.48. The maximum absolute atomic E-state index is 12.6. The van der Waals surface area contributed by atoms with Gasteiger partial charge in [0.05, 0.1) is 10.7 Å². The highest BCUT2D eigenvalue weighted by Gasteiger charge is 2.19. The lowest BCUT2D eigenvalue weighted by atomic mass is 10.00. The Morgan fingerprint density at radius 2 is 2.06 bits per heavy atom. The highest BCUT2D eigenvalue weighted by Crippen LogP contribution is 2.22. The SMILES string of the molecule is CCc1ccccc1C(=O)c1c(Br)cnn1CC. The van der Waals surface area contributed by atoms with Crippen LogP contribution >= 0.6 is 15.9 Å². The molecule has 0 amide bonds. The molecule has 94 valence electrons. The number of carbonyl (C=O) groups is 1. The van der Waals surface area contributed by atoms with Crippen LogP contribution in [-0.2, 0) is 13.0 Å². The van der Waals surface area contributed by atoms with Crippen molar-refractivity contribution in [1.82, 2.24) is 9.78 Å². The van der Waals surface area contributed by atoms with Gasteiger partial charge in [0.1, 0.15) is 5.69 Å². The maximum Gasteiger partial charge on any atom is 0.212 e. The van der Waals surface area contributed by atoms with Crippen molar-refractivity contribution in [3.05, 3.63) is 51.8 Å². The third kappa shape index (κ3) is 2.25. The van der Waals surface area contributed by atoms with Gasteiger partial charge in [0.15, 0.2) is 0 Å². The largest absolute Gasteiger partial charge is 0.287 e. The van der Waals surface area contributed by atoms with Gasteiger partial charge in [-0.15, -0.1) is 0 Å². The van der Waals surface area contributed by atoms with E-state index < -0.39 is 0 Å². The number of benzene rings is 1. The maximum atomic E-state index is 12.6. The zero-order valence-corrected chi connectivity index (χ0v) is 12.1. The molecule has 18 heavy (non-hydrogen) atoms. The van der Waals surface area contributed by atoms with E-state index in [1.165, 1.54) is 0 Å². The number of rotatable bonds is 4. The lowest BCUT2D eigenvalue weighted by Gasteiger charge is -2.08. The van der Waals surface area contributed by atoms with Gasteiger partial charge in [-0.3, -0.25) is 9.48 Å². The highest BCUT2D eigenvalue weighted by molar-refractivity contribution is 9.10. The third-order valence-electron chi connectivity index (χ3n) is 2.95. The fraction of sp³-hybridized carbons (Fsp3) is 0.286. The summed E-state index contributed by atoms with van der Waals surface area (Å²) in [4.78, 5) is 12.6. The van der Waals surface area contributed by atoms with Crippen molar-refractivity contribution >= 4 is 21.7 Å². The number of aryl methyl sites for hydroxylation is 2. The minimum Gasteiger partial charge on any atom is -0.287 e. The topological polar surface area (TPSA) is 34.9 Å². The second-order valence-electron chi connectivity index (χ2n) is 4.00. The van der Waals surface area contributed by atoms with E-state index in [-0.39, 0.29) is 5.78 Å². The average molecular weight is 307 g/mol. The van der Waals surface area contributed by atoms with Crippen LogP contribution < -0.4 is 0 Å². The van der Waals surface area contributed by atoms with Crippen LogP contribution in [-0.4, -0.2) is 15.6 Å². The Kier molecular flexibility index (Phi) is 3.97. The van der Waals surface area contributed by atoms with E-state index in [4.69, 9.17) is 0 Å². The number of hydrogen-bond acceptors (Lipinski definition) is 2. The summed E-state index contributed by atoms with van der Waals surface area (Å²) in [6.45, 7) is 4.71. The number of ketones is 1. The normalized spacial score (nSPS) is 10.6. The zero-order valence-electron chi connectivity index (χ0n) is 10.5. The number of halogens is 1. The van der Waals surface area contributed by atoms with Gasteiger partial charge in [0.2, 0.25) is 5.78 Å². The molecule has 0 aliphatic heterocycles. The Morgan fingerprint density at radius 1 is 1.33 bits per heavy atom. The Labute approximate surface area is 115 Å². The predicted molar refractivity (Wildman–Crippen MR) is 74.9 cm³/mol. The van der Waals surface area contributed by atoms with E-state index in [1.807, 2.05) is 31.2 Å². The molecule has 2 rings (SSSR count). The van der Waals surface area contributed by atoms with Gasteiger partial charge >= 0.3 is 0 Å². The smallest absolute Gasteiger partial charge is 0.212 e. The molecule has 0 aliphatic rings. The molecular formula is C14H15BrN2O. The van der Waals surface area contributed by atoms with Crippen LogP contribution in [0, 0.1) is 0 Å². The van der Waals surface area contributed by atoms with E-state index in [2.05, 4.69) is 28.0 Å². The molecule has 0 saturated carbocycles. The Morgan fingerprint density at radius 3 is 2.72 bits per heavy atom. The summed E-state index contributed by atoms with van der Waals surface area (Å²) in [5.74, 6) is 0.0266. The van der Waals surface area contributed by atoms with E-state index in [0.29, 0.717) is 12.2 Å². The summed E-state index contributed by atoms with van der Waals surface area (Å²) in [5, 5.41) is 4.19. The van der Waals surface area contributed by atoms with Crippen LogP contribution in [0.25, 0.3) is 0 Å². The zero-order chi connectivity index (χ0) is 13.1. The first kappa shape index (κ1) is 13.0. The molecule has 0 N–H and O–H groups in total. The molecule has 0 saturated heterocycles. The van der Waals surface area contributed by atoms with E-state index in [0.717, 1.165) is 22.0 Å². The van der Waals surface area contributed by atoms with Crippen molar-refractivity contribution in [2.75, 3.05) is 0 Å². The second kappa shape index (κ2) is 5.48. The molecule has 1 aromatic carbocycles. The van der Waals surface area contributed by atoms with Crippen LogP contribution in [0.2, 0.25) is 0 Å². The summed E-state index contributed by atoms with van der Waals surface area (Å²) in [7, 11) is 0. The summed E-state index contributed by atoms with van der Waals surface area (Å²) in [6, 6.07) is 7.73. The summed E-state index contributed by atoms with van der Waals surface area (Å²) in [6.07, 6.45) is 2.52. The van der Waals surface area contributed by atoms with Crippen molar-refractivity contribution in [1.29, 1.82) is 0 Å². The fourth-order valence-electron chi connectivity index (χ4n) is 2.01. The monoisotopic (exact) mass is 306 g/mol. The minimum atomic E-state index is 0.0266. The van der Waals surface area contributed by atoms with Gasteiger partial charge in [-0.05, 0) is 34.8 Å². The van der Waals surface area contributed by atoms with Crippen molar-refractivity contribution in [3.8, 4) is 0 Å². The third-order valence-corrected chi connectivity index (χ3v) is 3.53. The first-order chi connectivity index (χ1) is 8.69. The quantitative estimate of drug-likeness (QED) is 0.811. The second-order valence-corrected chi connectivity index (χ2v) is 4.85. The molecule has 1 aromatic heterocycles. The summed E-state index contributed by atoms with van der Waals surface area (Å²) >= 11 is 3.40. The van der Waals surface area contributed by atoms with Crippen LogP contribution in [0.4, 0.5) is 0 Å². The standard InChI is InChI=1S/C14H15BrN2O/c1-3-10-7-5-6-8-11(10)14(18)13-12(15)9-16-17(13)4-2/h5-9H,3-4H2,1-2H3. The van der Waals surface area contributed by atoms with Crippen LogP contribution in [0.1, 0.15) is 35.5 Å². The highest BCUT2D eigenvalue weighted by atomic mass is 79.9. The number of nitrogens with zero attached hydrogens (tertiary/aromatic N) is 2. The van der Waals surface area contributed by atoms with Crippen molar-refractivity contribution in [2.45, 2.75) is 26.8 Å². The Hall–Kier alpha value is -1.42. The molecule has 0 aliphatic carbocycles. The van der Waals surface area contributed by atoms with Gasteiger partial charge in [-0.25, -0.2) is 0 Å². The van der Waals surface area contributed by atoms with E-state index in [1.54, 1.807) is 10.9 Å². The van der Waals surface area contributed by atoms with Crippen molar-refractivity contribution in [2.24, 2.45) is 0 Å². The Balaban J connectivity index is 2.51. The minimum absolute atomic E-state index is 0.0266.